The van der Waals surface area contributed by atoms with Crippen molar-refractivity contribution in [1.29, 1.82) is 0 Å². The maximum atomic E-state index is 13.0. The number of fused-ring (bicyclic) bond motifs is 4. The van der Waals surface area contributed by atoms with Gasteiger partial charge in [0.25, 0.3) is 0 Å². The Morgan fingerprint density at radius 1 is 0.971 bits per heavy atom. The van der Waals surface area contributed by atoms with Crippen molar-refractivity contribution in [3.05, 3.63) is 41.5 Å². The Hall–Kier alpha value is -2.93. The Balaban J connectivity index is 1.42. The van der Waals surface area contributed by atoms with Crippen LogP contribution in [0.4, 0.5) is 4.79 Å². The summed E-state index contributed by atoms with van der Waals surface area (Å²) in [5.74, 6) is 2.67. The third kappa shape index (κ3) is 4.54. The molecule has 2 aromatic rings. The molecule has 7 heteroatoms. The number of hydrogen-bond acceptors (Lipinski definition) is 6. The largest absolute Gasteiger partial charge is 0.497 e. The van der Waals surface area contributed by atoms with Gasteiger partial charge in [0, 0.05) is 18.2 Å². The summed E-state index contributed by atoms with van der Waals surface area (Å²) in [6.07, 6.45) is 2.73. The molecule has 2 aromatic carbocycles. The topological polar surface area (TPSA) is 69.3 Å². The van der Waals surface area contributed by atoms with Gasteiger partial charge in [0.15, 0.2) is 0 Å². The first kappa shape index (κ1) is 23.8. The first-order chi connectivity index (χ1) is 16.8. The highest BCUT2D eigenvalue weighted by molar-refractivity contribution is 5.76. The number of ether oxygens (including phenoxy) is 4. The van der Waals surface area contributed by atoms with E-state index in [9.17, 15) is 4.79 Å². The molecule has 35 heavy (non-hydrogen) atoms. The smallest absolute Gasteiger partial charge is 0.407 e. The second-order valence-corrected chi connectivity index (χ2v) is 10.7. The van der Waals surface area contributed by atoms with Crippen molar-refractivity contribution >= 4 is 6.09 Å². The predicted molar refractivity (Wildman–Crippen MR) is 134 cm³/mol. The maximum absolute atomic E-state index is 13.0. The molecule has 2 atom stereocenters. The van der Waals surface area contributed by atoms with Gasteiger partial charge in [-0.05, 0) is 84.6 Å². The summed E-state index contributed by atoms with van der Waals surface area (Å²) < 4.78 is 22.7. The number of nitrogens with one attached hydrogen (secondary N) is 1. The van der Waals surface area contributed by atoms with Crippen molar-refractivity contribution < 1.29 is 23.7 Å². The minimum absolute atomic E-state index is 0.0126. The molecule has 1 amide bonds. The molecule has 3 aliphatic heterocycles. The normalized spacial score (nSPS) is 26.1. The average molecular weight is 481 g/mol. The molecule has 1 unspecified atom stereocenters. The lowest BCUT2D eigenvalue weighted by molar-refractivity contribution is -0.0349. The van der Waals surface area contributed by atoms with Gasteiger partial charge < -0.3 is 24.3 Å². The van der Waals surface area contributed by atoms with Crippen LogP contribution in [0.1, 0.15) is 43.9 Å². The number of rotatable bonds is 6. The van der Waals surface area contributed by atoms with E-state index in [0.29, 0.717) is 5.92 Å². The van der Waals surface area contributed by atoms with E-state index in [4.69, 9.17) is 18.9 Å². The Morgan fingerprint density at radius 3 is 2.23 bits per heavy atom. The summed E-state index contributed by atoms with van der Waals surface area (Å²) in [5, 5.41) is 3.20. The van der Waals surface area contributed by atoms with Crippen LogP contribution in [0.5, 0.6) is 17.2 Å². The van der Waals surface area contributed by atoms with Gasteiger partial charge in [-0.3, -0.25) is 4.90 Å². The van der Waals surface area contributed by atoms with Crippen LogP contribution in [0.15, 0.2) is 30.3 Å². The van der Waals surface area contributed by atoms with E-state index in [1.165, 1.54) is 5.56 Å². The molecule has 0 saturated carbocycles. The molecule has 1 N–H and O–H groups in total. The summed E-state index contributed by atoms with van der Waals surface area (Å²) in [6.45, 7) is 7.47. The van der Waals surface area contributed by atoms with Gasteiger partial charge in [0.1, 0.15) is 23.4 Å². The molecule has 0 radical (unpaired) electrons. The van der Waals surface area contributed by atoms with E-state index in [0.717, 1.165) is 72.8 Å². The summed E-state index contributed by atoms with van der Waals surface area (Å²) in [6, 6.07) is 9.89. The number of carbonyl (C=O) groups is 1. The lowest BCUT2D eigenvalue weighted by Gasteiger charge is -2.44. The zero-order chi connectivity index (χ0) is 24.7. The number of alkyl carbamates (subject to hydrolysis) is 1. The second kappa shape index (κ2) is 9.26. The number of hydrogen-bond donors (Lipinski definition) is 1. The van der Waals surface area contributed by atoms with E-state index >= 15 is 0 Å². The van der Waals surface area contributed by atoms with E-state index < -0.39 is 0 Å². The molecule has 188 valence electrons. The Labute approximate surface area is 207 Å². The average Bonchev–Trinajstić information content (AvgIpc) is 3.11. The van der Waals surface area contributed by atoms with Crippen molar-refractivity contribution in [2.45, 2.75) is 45.3 Å². The van der Waals surface area contributed by atoms with Crippen LogP contribution >= 0.6 is 0 Å². The molecule has 6 rings (SSSR count). The molecule has 3 saturated heterocycles. The molecule has 3 heterocycles. The van der Waals surface area contributed by atoms with Gasteiger partial charge in [-0.1, -0.05) is 13.8 Å². The predicted octanol–water partition coefficient (Wildman–Crippen LogP) is 4.82. The van der Waals surface area contributed by atoms with Gasteiger partial charge in [0.05, 0.1) is 27.4 Å². The SMILES string of the molecule is COc1cc(OC)cc(-c2cc3c(cc2OC)C(NC(=O)O[C@H]2CN4CCC2CC4)C(C)(C)C3)c1. The standard InChI is InChI=1S/C28H36N2O5/c1-28(2)15-19-12-22(18-10-20(32-3)13-21(11-18)33-4)24(34-5)14-23(19)26(28)29-27(31)35-25-16-30-8-6-17(25)7-9-30/h10-14,17,25-26H,6-9,15-16H2,1-5H3,(H,29,31)/t25-,26?/m0/s1. The number of methoxy groups -OCH3 is 3. The molecule has 0 aromatic heterocycles. The molecular weight excluding hydrogens is 444 g/mol. The van der Waals surface area contributed by atoms with Gasteiger partial charge in [0.2, 0.25) is 0 Å². The Bertz CT molecular complexity index is 1080. The number of carbonyl (C=O) groups excluding carboxylic acids is 1. The first-order valence-corrected chi connectivity index (χ1v) is 12.4. The van der Waals surface area contributed by atoms with Crippen LogP contribution in [-0.2, 0) is 11.2 Å². The second-order valence-electron chi connectivity index (χ2n) is 10.7. The van der Waals surface area contributed by atoms with Gasteiger partial charge in [-0.15, -0.1) is 0 Å². The fourth-order valence-corrected chi connectivity index (χ4v) is 6.04. The molecular formula is C28H36N2O5. The van der Waals surface area contributed by atoms with Crippen molar-refractivity contribution in [3.63, 3.8) is 0 Å². The lowest BCUT2D eigenvalue weighted by atomic mass is 9.85. The van der Waals surface area contributed by atoms with Gasteiger partial charge >= 0.3 is 6.09 Å². The number of nitrogens with zero attached hydrogens (tertiary/aromatic N) is 1. The van der Waals surface area contributed by atoms with Crippen LogP contribution in [0.3, 0.4) is 0 Å². The highest BCUT2D eigenvalue weighted by atomic mass is 16.6. The quantitative estimate of drug-likeness (QED) is 0.639. The fraction of sp³-hybridized carbons (Fsp3) is 0.536. The van der Waals surface area contributed by atoms with Crippen LogP contribution in [0, 0.1) is 11.3 Å². The molecule has 0 spiro atoms. The number of benzene rings is 2. The van der Waals surface area contributed by atoms with Crippen LogP contribution in [0.25, 0.3) is 11.1 Å². The summed E-state index contributed by atoms with van der Waals surface area (Å²) in [4.78, 5) is 15.4. The minimum atomic E-state index is -0.324. The molecule has 7 nitrogen and oxygen atoms in total. The molecule has 1 aliphatic carbocycles. The van der Waals surface area contributed by atoms with Gasteiger partial charge in [-0.2, -0.15) is 0 Å². The third-order valence-corrected chi connectivity index (χ3v) is 7.98. The highest BCUT2D eigenvalue weighted by Crippen LogP contribution is 2.49. The monoisotopic (exact) mass is 480 g/mol. The molecule has 4 aliphatic rings. The van der Waals surface area contributed by atoms with E-state index in [2.05, 4.69) is 36.2 Å². The van der Waals surface area contributed by atoms with E-state index in [1.807, 2.05) is 18.2 Å². The third-order valence-electron chi connectivity index (χ3n) is 7.98. The van der Waals surface area contributed by atoms with Crippen molar-refractivity contribution in [1.82, 2.24) is 10.2 Å². The molecule has 2 bridgehead atoms. The Kier molecular flexibility index (Phi) is 6.30. The van der Waals surface area contributed by atoms with Crippen LogP contribution < -0.4 is 19.5 Å². The fourth-order valence-electron chi connectivity index (χ4n) is 6.04. The summed E-state index contributed by atoms with van der Waals surface area (Å²) >= 11 is 0. The van der Waals surface area contributed by atoms with E-state index in [1.54, 1.807) is 21.3 Å². The lowest BCUT2D eigenvalue weighted by Crippen LogP contribution is -2.53. The van der Waals surface area contributed by atoms with Crippen LogP contribution in [-0.4, -0.2) is 58.1 Å². The zero-order valence-electron chi connectivity index (χ0n) is 21.3. The molecule has 3 fully saturated rings. The van der Waals surface area contributed by atoms with Crippen molar-refractivity contribution in [2.75, 3.05) is 41.0 Å². The van der Waals surface area contributed by atoms with Crippen LogP contribution in [0.2, 0.25) is 0 Å². The Morgan fingerprint density at radius 2 is 1.66 bits per heavy atom. The van der Waals surface area contributed by atoms with Crippen molar-refractivity contribution in [3.8, 4) is 28.4 Å². The number of piperidine rings is 3. The summed E-state index contributed by atoms with van der Waals surface area (Å²) in [7, 11) is 4.96. The highest BCUT2D eigenvalue weighted by Gasteiger charge is 2.42. The van der Waals surface area contributed by atoms with Crippen molar-refractivity contribution in [2.24, 2.45) is 11.3 Å². The van der Waals surface area contributed by atoms with E-state index in [-0.39, 0.29) is 23.7 Å². The van der Waals surface area contributed by atoms with Gasteiger partial charge in [-0.25, -0.2) is 4.79 Å². The summed E-state index contributed by atoms with van der Waals surface area (Å²) in [5.41, 5.74) is 4.04. The zero-order valence-corrected chi connectivity index (χ0v) is 21.3. The maximum Gasteiger partial charge on any atom is 0.407 e. The first-order valence-electron chi connectivity index (χ1n) is 12.4. The minimum Gasteiger partial charge on any atom is -0.497 e. The number of amides is 1.